The lowest BCUT2D eigenvalue weighted by atomic mass is 10.0. The molecule has 1 aromatic rings. The summed E-state index contributed by atoms with van der Waals surface area (Å²) < 4.78 is 5.33. The van der Waals surface area contributed by atoms with Crippen LogP contribution in [0.15, 0.2) is 30.3 Å². The van der Waals surface area contributed by atoms with Crippen molar-refractivity contribution in [2.45, 2.75) is 76.7 Å². The summed E-state index contributed by atoms with van der Waals surface area (Å²) in [6, 6.07) is 9.28. The van der Waals surface area contributed by atoms with Gasteiger partial charge in [0.1, 0.15) is 5.60 Å². The zero-order valence-electron chi connectivity index (χ0n) is 16.0. The van der Waals surface area contributed by atoms with Gasteiger partial charge in [0.05, 0.1) is 18.2 Å². The number of benzene rings is 1. The van der Waals surface area contributed by atoms with Crippen LogP contribution in [0.25, 0.3) is 0 Å². The Morgan fingerprint density at radius 2 is 1.88 bits per heavy atom. The first-order valence-electron chi connectivity index (χ1n) is 9.43. The number of rotatable bonds is 8. The fourth-order valence-electron chi connectivity index (χ4n) is 3.01. The predicted molar refractivity (Wildman–Crippen MR) is 101 cm³/mol. The van der Waals surface area contributed by atoms with Crippen LogP contribution in [0, 0.1) is 0 Å². The van der Waals surface area contributed by atoms with E-state index in [2.05, 4.69) is 10.8 Å². The number of aliphatic hydroxyl groups is 1. The van der Waals surface area contributed by atoms with Crippen molar-refractivity contribution in [3.05, 3.63) is 35.9 Å². The van der Waals surface area contributed by atoms with E-state index < -0.39 is 23.8 Å². The number of carbonyl (C=O) groups excluding carboxylic acids is 1. The Morgan fingerprint density at radius 1 is 1.23 bits per heavy atom. The average molecular weight is 364 g/mol. The lowest BCUT2D eigenvalue weighted by Gasteiger charge is -2.27. The molecule has 1 aliphatic rings. The van der Waals surface area contributed by atoms with Crippen LogP contribution in [0.5, 0.6) is 0 Å². The smallest absolute Gasteiger partial charge is 0.407 e. The van der Waals surface area contributed by atoms with Gasteiger partial charge >= 0.3 is 6.09 Å². The molecule has 146 valence electrons. The van der Waals surface area contributed by atoms with E-state index in [1.165, 1.54) is 12.8 Å². The second-order valence-electron chi connectivity index (χ2n) is 7.88. The summed E-state index contributed by atoms with van der Waals surface area (Å²) in [6.07, 6.45) is 3.86. The molecule has 1 amide bonds. The van der Waals surface area contributed by atoms with Crippen LogP contribution in [0.1, 0.15) is 52.0 Å². The van der Waals surface area contributed by atoms with Gasteiger partial charge in [0.2, 0.25) is 0 Å². The van der Waals surface area contributed by atoms with E-state index in [0.29, 0.717) is 6.42 Å². The fraction of sp³-hybridized carbons (Fsp3) is 0.650. The van der Waals surface area contributed by atoms with Crippen molar-refractivity contribution < 1.29 is 19.5 Å². The van der Waals surface area contributed by atoms with Crippen LogP contribution in [0.2, 0.25) is 0 Å². The highest BCUT2D eigenvalue weighted by atomic mass is 16.7. The Hall–Kier alpha value is -1.63. The van der Waals surface area contributed by atoms with Gasteiger partial charge in [-0.3, -0.25) is 4.84 Å². The summed E-state index contributed by atoms with van der Waals surface area (Å²) in [5, 5.41) is 13.4. The maximum atomic E-state index is 12.2. The zero-order chi connectivity index (χ0) is 19.0. The van der Waals surface area contributed by atoms with Crippen molar-refractivity contribution in [3.63, 3.8) is 0 Å². The molecule has 2 rings (SSSR count). The number of amides is 1. The largest absolute Gasteiger partial charge is 0.444 e. The molecule has 0 heterocycles. The van der Waals surface area contributed by atoms with Crippen molar-refractivity contribution in [1.82, 2.24) is 10.8 Å². The summed E-state index contributed by atoms with van der Waals surface area (Å²) >= 11 is 0. The Kier molecular flexibility index (Phi) is 7.87. The van der Waals surface area contributed by atoms with Crippen molar-refractivity contribution in [3.8, 4) is 0 Å². The van der Waals surface area contributed by atoms with Crippen LogP contribution in [-0.2, 0) is 16.0 Å². The molecular weight excluding hydrogens is 332 g/mol. The molecule has 3 N–H and O–H groups in total. The quantitative estimate of drug-likeness (QED) is 0.618. The topological polar surface area (TPSA) is 79.8 Å². The van der Waals surface area contributed by atoms with Crippen molar-refractivity contribution >= 4 is 6.09 Å². The Morgan fingerprint density at radius 3 is 2.50 bits per heavy atom. The van der Waals surface area contributed by atoms with Gasteiger partial charge in [-0.1, -0.05) is 43.2 Å². The standard InChI is InChI=1S/C20H32N2O4/c1-20(2,3)25-19(24)22-17(13-15-9-5-4-6-10-15)18(23)14-21-26-16-11-7-8-12-16/h4-6,9-10,16-18,21,23H,7-8,11-14H2,1-3H3,(H,22,24)/t17-,18?/m0/s1. The molecule has 2 atom stereocenters. The van der Waals surface area contributed by atoms with E-state index in [0.717, 1.165) is 18.4 Å². The highest BCUT2D eigenvalue weighted by Gasteiger charge is 2.25. The van der Waals surface area contributed by atoms with Gasteiger partial charge < -0.3 is 15.2 Å². The summed E-state index contributed by atoms with van der Waals surface area (Å²) in [4.78, 5) is 17.8. The number of alkyl carbamates (subject to hydrolysis) is 1. The summed E-state index contributed by atoms with van der Waals surface area (Å²) in [6.45, 7) is 5.68. The third kappa shape index (κ3) is 7.72. The maximum absolute atomic E-state index is 12.2. The van der Waals surface area contributed by atoms with Crippen LogP contribution >= 0.6 is 0 Å². The van der Waals surface area contributed by atoms with Crippen LogP contribution < -0.4 is 10.8 Å². The minimum atomic E-state index is -0.802. The molecule has 0 aliphatic heterocycles. The van der Waals surface area contributed by atoms with E-state index in [1.807, 2.05) is 51.1 Å². The number of carbonyl (C=O) groups is 1. The molecule has 1 unspecified atom stereocenters. The number of hydroxylamine groups is 1. The molecule has 1 aliphatic carbocycles. The highest BCUT2D eigenvalue weighted by molar-refractivity contribution is 5.68. The molecular formula is C20H32N2O4. The first-order chi connectivity index (χ1) is 12.3. The van der Waals surface area contributed by atoms with Gasteiger partial charge in [0.15, 0.2) is 0 Å². The number of nitrogens with one attached hydrogen (secondary N) is 2. The third-order valence-corrected chi connectivity index (χ3v) is 4.31. The maximum Gasteiger partial charge on any atom is 0.407 e. The molecule has 0 spiro atoms. The number of ether oxygens (including phenoxy) is 1. The number of hydrogen-bond acceptors (Lipinski definition) is 5. The normalized spacial score (nSPS) is 17.7. The van der Waals surface area contributed by atoms with Gasteiger partial charge in [0.25, 0.3) is 0 Å². The second-order valence-corrected chi connectivity index (χ2v) is 7.88. The van der Waals surface area contributed by atoms with Gasteiger partial charge in [-0.05, 0) is 45.6 Å². The summed E-state index contributed by atoms with van der Waals surface area (Å²) in [5.41, 5.74) is 3.32. The number of aliphatic hydroxyl groups excluding tert-OH is 1. The molecule has 0 bridgehead atoms. The van der Waals surface area contributed by atoms with Gasteiger partial charge in [0, 0.05) is 6.54 Å². The van der Waals surface area contributed by atoms with Gasteiger partial charge in [-0.25, -0.2) is 4.79 Å². The monoisotopic (exact) mass is 364 g/mol. The molecule has 1 aromatic carbocycles. The molecule has 1 saturated carbocycles. The second kappa shape index (κ2) is 9.90. The predicted octanol–water partition coefficient (Wildman–Crippen LogP) is 2.95. The lowest BCUT2D eigenvalue weighted by Crippen LogP contribution is -2.50. The minimum absolute atomic E-state index is 0.216. The highest BCUT2D eigenvalue weighted by Crippen LogP contribution is 2.19. The summed E-state index contributed by atoms with van der Waals surface area (Å²) in [7, 11) is 0. The molecule has 0 radical (unpaired) electrons. The molecule has 26 heavy (non-hydrogen) atoms. The summed E-state index contributed by atoms with van der Waals surface area (Å²) in [5.74, 6) is 0. The van der Waals surface area contributed by atoms with Gasteiger partial charge in [-0.2, -0.15) is 5.48 Å². The molecule has 6 nitrogen and oxygen atoms in total. The van der Waals surface area contributed by atoms with Crippen molar-refractivity contribution in [1.29, 1.82) is 0 Å². The van der Waals surface area contributed by atoms with E-state index >= 15 is 0 Å². The van der Waals surface area contributed by atoms with E-state index in [9.17, 15) is 9.90 Å². The third-order valence-electron chi connectivity index (χ3n) is 4.31. The molecule has 6 heteroatoms. The van der Waals surface area contributed by atoms with Crippen molar-refractivity contribution in [2.24, 2.45) is 0 Å². The van der Waals surface area contributed by atoms with Crippen LogP contribution in [0.3, 0.4) is 0 Å². The fourth-order valence-corrected chi connectivity index (χ4v) is 3.01. The van der Waals surface area contributed by atoms with Crippen LogP contribution in [-0.4, -0.2) is 41.6 Å². The Bertz CT molecular complexity index is 538. The Labute approximate surface area is 156 Å². The SMILES string of the molecule is CC(C)(C)OC(=O)N[C@@H](Cc1ccccc1)C(O)CNOC1CCCC1. The minimum Gasteiger partial charge on any atom is -0.444 e. The van der Waals surface area contributed by atoms with E-state index in [1.54, 1.807) is 0 Å². The molecule has 0 aromatic heterocycles. The first-order valence-corrected chi connectivity index (χ1v) is 9.43. The molecule has 1 fully saturated rings. The lowest BCUT2D eigenvalue weighted by molar-refractivity contribution is -0.0418. The average Bonchev–Trinajstić information content (AvgIpc) is 3.06. The first kappa shape index (κ1) is 20.7. The molecule has 0 saturated heterocycles. The Balaban J connectivity index is 1.90. The number of hydrogen-bond donors (Lipinski definition) is 3. The van der Waals surface area contributed by atoms with Gasteiger partial charge in [-0.15, -0.1) is 0 Å². The van der Waals surface area contributed by atoms with Crippen LogP contribution in [0.4, 0.5) is 4.79 Å². The zero-order valence-corrected chi connectivity index (χ0v) is 16.0. The van der Waals surface area contributed by atoms with E-state index in [-0.39, 0.29) is 12.6 Å². The van der Waals surface area contributed by atoms with E-state index in [4.69, 9.17) is 9.57 Å². The van der Waals surface area contributed by atoms with Crippen molar-refractivity contribution in [2.75, 3.05) is 6.54 Å².